The Balaban J connectivity index is 1.57. The zero-order valence-electron chi connectivity index (χ0n) is 15.2. The van der Waals surface area contributed by atoms with Gasteiger partial charge in [-0.25, -0.2) is 4.68 Å². The van der Waals surface area contributed by atoms with Gasteiger partial charge in [0.05, 0.1) is 4.88 Å². The molecule has 29 heavy (non-hydrogen) atoms. The van der Waals surface area contributed by atoms with Crippen molar-refractivity contribution in [3.63, 3.8) is 0 Å². The van der Waals surface area contributed by atoms with E-state index in [2.05, 4.69) is 32.2 Å². The first-order chi connectivity index (χ1) is 14.1. The van der Waals surface area contributed by atoms with Crippen molar-refractivity contribution in [2.45, 2.75) is 23.2 Å². The van der Waals surface area contributed by atoms with Crippen LogP contribution in [0.2, 0.25) is 0 Å². The van der Waals surface area contributed by atoms with Gasteiger partial charge in [-0.1, -0.05) is 52.0 Å². The quantitative estimate of drug-likeness (QED) is 0.192. The third-order valence-electron chi connectivity index (χ3n) is 4.30. The third-order valence-corrected chi connectivity index (χ3v) is 7.83. The molecule has 3 aromatic heterocycles. The van der Waals surface area contributed by atoms with Crippen LogP contribution in [0.1, 0.15) is 37.6 Å². The summed E-state index contributed by atoms with van der Waals surface area (Å²) in [4.78, 5) is 14.7. The average molecular weight is 505 g/mol. The highest BCUT2D eigenvalue weighted by atomic mass is 79.9. The first kappa shape index (κ1) is 20.3. The molecule has 0 fully saturated rings. The van der Waals surface area contributed by atoms with E-state index in [0.29, 0.717) is 23.8 Å². The van der Waals surface area contributed by atoms with Crippen LogP contribution in [-0.2, 0) is 6.42 Å². The maximum absolute atomic E-state index is 12.8. The number of rotatable bonds is 8. The van der Waals surface area contributed by atoms with E-state index in [0.717, 1.165) is 14.9 Å². The zero-order chi connectivity index (χ0) is 20.2. The Hall–Kier alpha value is -1.94. The number of nitrogens with two attached hydrogens (primary N) is 1. The molecule has 9 heteroatoms. The van der Waals surface area contributed by atoms with E-state index < -0.39 is 0 Å². The number of nitrogen functional groups attached to an aromatic ring is 1. The molecule has 2 N–H and O–H groups in total. The first-order valence-corrected chi connectivity index (χ1v) is 12.2. The minimum absolute atomic E-state index is 0.112. The van der Waals surface area contributed by atoms with Crippen LogP contribution in [0, 0.1) is 0 Å². The number of thioether (sulfide) groups is 1. The number of nitrogens with zero attached hydrogens (tertiary/aromatic N) is 3. The Morgan fingerprint density at radius 2 is 1.86 bits per heavy atom. The van der Waals surface area contributed by atoms with E-state index in [1.54, 1.807) is 11.3 Å². The number of Topliss-reactive ketones (excluding diaryl/α,β-unsaturated/α-hetero) is 1. The molecule has 4 aromatic rings. The van der Waals surface area contributed by atoms with Crippen LogP contribution in [-0.4, -0.2) is 20.7 Å². The smallest absolute Gasteiger partial charge is 0.210 e. The van der Waals surface area contributed by atoms with Crippen molar-refractivity contribution in [3.8, 4) is 0 Å². The molecule has 0 unspecified atom stereocenters. The number of carbonyl (C=O) groups is 1. The molecule has 0 aliphatic heterocycles. The minimum atomic E-state index is -0.112. The lowest BCUT2D eigenvalue weighted by atomic mass is 10.1. The van der Waals surface area contributed by atoms with E-state index in [9.17, 15) is 4.79 Å². The molecule has 0 aliphatic rings. The Bertz CT molecular complexity index is 1080. The van der Waals surface area contributed by atoms with Crippen LogP contribution in [0.4, 0.5) is 0 Å². The van der Waals surface area contributed by atoms with Crippen LogP contribution in [0.15, 0.2) is 68.9 Å². The van der Waals surface area contributed by atoms with Crippen LogP contribution >= 0.6 is 50.4 Å². The largest absolute Gasteiger partial charge is 0.336 e. The number of aromatic nitrogens is 3. The topological polar surface area (TPSA) is 73.8 Å². The Labute approximate surface area is 189 Å². The lowest BCUT2D eigenvalue weighted by Gasteiger charge is -2.16. The number of halogens is 1. The summed E-state index contributed by atoms with van der Waals surface area (Å²) in [5.41, 5.74) is 1.05. The van der Waals surface area contributed by atoms with Crippen molar-refractivity contribution in [1.29, 1.82) is 0 Å². The molecule has 148 valence electrons. The van der Waals surface area contributed by atoms with Crippen LogP contribution in [0.5, 0.6) is 0 Å². The molecule has 4 rings (SSSR count). The standard InChI is InChI=1S/C20H17BrN4OS3/c21-14-7-5-13(6-8-14)18(12-16(26)17-4-2-10-28-17)29-20-24-23-19(25(20)22)11-15-3-1-9-27-15/h1-10,18H,11-12,22H2/t18-/m1/s1. The molecule has 5 nitrogen and oxygen atoms in total. The van der Waals surface area contributed by atoms with Crippen LogP contribution < -0.4 is 5.84 Å². The number of carbonyl (C=O) groups excluding carboxylic acids is 1. The second kappa shape index (κ2) is 9.25. The molecule has 3 heterocycles. The van der Waals surface area contributed by atoms with Gasteiger partial charge >= 0.3 is 0 Å². The van der Waals surface area contributed by atoms with Gasteiger partial charge in [-0.05, 0) is 40.6 Å². The molecular formula is C20H17BrN4OS3. The molecule has 0 spiro atoms. The second-order valence-corrected chi connectivity index (χ2v) is 10.4. The van der Waals surface area contributed by atoms with Crippen molar-refractivity contribution < 1.29 is 4.79 Å². The van der Waals surface area contributed by atoms with Gasteiger partial charge in [-0.2, -0.15) is 0 Å². The molecule has 0 radical (unpaired) electrons. The predicted molar refractivity (Wildman–Crippen MR) is 123 cm³/mol. The SMILES string of the molecule is Nn1c(Cc2cccs2)nnc1S[C@H](CC(=O)c1cccs1)c1ccc(Br)cc1. The molecular weight excluding hydrogens is 488 g/mol. The number of thiophene rings is 2. The lowest BCUT2D eigenvalue weighted by molar-refractivity contribution is 0.0986. The van der Waals surface area contributed by atoms with Gasteiger partial charge in [0.25, 0.3) is 0 Å². The monoisotopic (exact) mass is 504 g/mol. The van der Waals surface area contributed by atoms with Gasteiger partial charge in [0, 0.05) is 27.4 Å². The summed E-state index contributed by atoms with van der Waals surface area (Å²) in [5.74, 6) is 7.10. The molecule has 1 aromatic carbocycles. The van der Waals surface area contributed by atoms with Gasteiger partial charge in [-0.3, -0.25) is 4.79 Å². The normalized spacial score (nSPS) is 12.2. The summed E-state index contributed by atoms with van der Waals surface area (Å²) in [6.45, 7) is 0. The van der Waals surface area contributed by atoms with Gasteiger partial charge in [0.2, 0.25) is 5.16 Å². The second-order valence-electron chi connectivity index (χ2n) is 6.29. The maximum Gasteiger partial charge on any atom is 0.210 e. The van der Waals surface area contributed by atoms with Crippen molar-refractivity contribution in [2.75, 3.05) is 5.84 Å². The van der Waals surface area contributed by atoms with Crippen molar-refractivity contribution in [1.82, 2.24) is 14.9 Å². The summed E-state index contributed by atoms with van der Waals surface area (Å²) in [5, 5.41) is 13.0. The number of ketones is 1. The maximum atomic E-state index is 12.8. The third kappa shape index (κ3) is 4.98. The highest BCUT2D eigenvalue weighted by Gasteiger charge is 2.23. The molecule has 0 saturated heterocycles. The zero-order valence-corrected chi connectivity index (χ0v) is 19.2. The summed E-state index contributed by atoms with van der Waals surface area (Å²) in [7, 11) is 0. The number of benzene rings is 1. The van der Waals surface area contributed by atoms with E-state index in [4.69, 9.17) is 5.84 Å². The average Bonchev–Trinajstić information content (AvgIpc) is 3.48. The molecule has 0 saturated carbocycles. The fraction of sp³-hybridized carbons (Fsp3) is 0.150. The number of hydrogen-bond acceptors (Lipinski definition) is 7. The highest BCUT2D eigenvalue weighted by molar-refractivity contribution is 9.10. The summed E-state index contributed by atoms with van der Waals surface area (Å²) in [6.07, 6.45) is 0.999. The molecule has 1 atom stereocenters. The molecule has 0 aliphatic carbocycles. The van der Waals surface area contributed by atoms with Gasteiger partial charge in [0.15, 0.2) is 11.6 Å². The van der Waals surface area contributed by atoms with Gasteiger partial charge in [-0.15, -0.1) is 32.9 Å². The summed E-state index contributed by atoms with van der Waals surface area (Å²) in [6, 6.07) is 15.8. The van der Waals surface area contributed by atoms with Crippen molar-refractivity contribution in [2.24, 2.45) is 0 Å². The van der Waals surface area contributed by atoms with E-state index in [1.165, 1.54) is 32.7 Å². The minimum Gasteiger partial charge on any atom is -0.336 e. The Kier molecular flexibility index (Phi) is 6.49. The molecule has 0 bridgehead atoms. The Morgan fingerprint density at radius 1 is 1.10 bits per heavy atom. The van der Waals surface area contributed by atoms with E-state index in [1.807, 2.05) is 53.2 Å². The predicted octanol–water partition coefficient (Wildman–Crippen LogP) is 5.57. The van der Waals surface area contributed by atoms with Gasteiger partial charge in [0.1, 0.15) is 0 Å². The fourth-order valence-corrected chi connectivity index (χ4v) is 5.55. The number of hydrogen-bond donors (Lipinski definition) is 1. The molecule has 0 amide bonds. The highest BCUT2D eigenvalue weighted by Crippen LogP contribution is 2.38. The summed E-state index contributed by atoms with van der Waals surface area (Å²) < 4.78 is 2.53. The van der Waals surface area contributed by atoms with E-state index in [-0.39, 0.29) is 11.0 Å². The fourth-order valence-electron chi connectivity index (χ4n) is 2.82. The van der Waals surface area contributed by atoms with Crippen LogP contribution in [0.25, 0.3) is 0 Å². The van der Waals surface area contributed by atoms with Crippen LogP contribution in [0.3, 0.4) is 0 Å². The summed E-state index contributed by atoms with van der Waals surface area (Å²) >= 11 is 8.07. The lowest BCUT2D eigenvalue weighted by Crippen LogP contribution is -2.15. The van der Waals surface area contributed by atoms with Crippen molar-refractivity contribution >= 4 is 56.1 Å². The van der Waals surface area contributed by atoms with Crippen molar-refractivity contribution in [3.05, 3.63) is 84.9 Å². The van der Waals surface area contributed by atoms with E-state index >= 15 is 0 Å². The van der Waals surface area contributed by atoms with Gasteiger partial charge < -0.3 is 5.84 Å². The Morgan fingerprint density at radius 3 is 2.55 bits per heavy atom. The first-order valence-electron chi connectivity index (χ1n) is 8.80.